The lowest BCUT2D eigenvalue weighted by atomic mass is 10.2. The maximum Gasteiger partial charge on any atom is 0.303 e. The fourth-order valence-electron chi connectivity index (χ4n) is 1.85. The van der Waals surface area contributed by atoms with Crippen molar-refractivity contribution in [2.24, 2.45) is 0 Å². The molecule has 0 bridgehead atoms. The van der Waals surface area contributed by atoms with Gasteiger partial charge in [0.2, 0.25) is 5.91 Å². The lowest BCUT2D eigenvalue weighted by Gasteiger charge is -2.22. The molecule has 1 aromatic rings. The predicted molar refractivity (Wildman–Crippen MR) is 64.7 cm³/mol. The molecule has 0 aromatic carbocycles. The molecule has 0 aliphatic heterocycles. The highest BCUT2D eigenvalue weighted by Crippen LogP contribution is 2.29. The summed E-state index contributed by atoms with van der Waals surface area (Å²) in [7, 11) is 0. The third-order valence-electron chi connectivity index (χ3n) is 2.96. The third kappa shape index (κ3) is 3.55. The Kier molecular flexibility index (Phi) is 3.92. The summed E-state index contributed by atoms with van der Waals surface area (Å²) in [5, 5.41) is 8.61. The smallest absolute Gasteiger partial charge is 0.303 e. The molecule has 1 saturated carbocycles. The number of pyridine rings is 1. The van der Waals surface area contributed by atoms with E-state index in [1.54, 1.807) is 17.3 Å². The number of rotatable bonds is 6. The number of carboxylic acids is 1. The quantitative estimate of drug-likeness (QED) is 0.827. The molecule has 1 amide bonds. The maximum absolute atomic E-state index is 12.0. The second-order valence-electron chi connectivity index (χ2n) is 4.50. The number of aromatic nitrogens is 1. The molecule has 0 atom stereocenters. The molecule has 18 heavy (non-hydrogen) atoms. The van der Waals surface area contributed by atoms with Crippen molar-refractivity contribution in [3.05, 3.63) is 30.1 Å². The molecule has 5 nitrogen and oxygen atoms in total. The summed E-state index contributed by atoms with van der Waals surface area (Å²) >= 11 is 0. The molecule has 1 fully saturated rings. The molecular weight excluding hydrogens is 232 g/mol. The Hall–Kier alpha value is -1.91. The third-order valence-corrected chi connectivity index (χ3v) is 2.96. The summed E-state index contributed by atoms with van der Waals surface area (Å²) in [6.07, 6.45) is 5.41. The zero-order chi connectivity index (χ0) is 13.0. The van der Waals surface area contributed by atoms with Crippen LogP contribution in [-0.2, 0) is 16.1 Å². The Labute approximate surface area is 105 Å². The SMILES string of the molecule is O=C(O)CCC(=O)N(Cc1ccncc1)C1CC1. The van der Waals surface area contributed by atoms with Crippen molar-refractivity contribution in [3.8, 4) is 0 Å². The Morgan fingerprint density at radius 2 is 1.94 bits per heavy atom. The van der Waals surface area contributed by atoms with Gasteiger partial charge in [-0.3, -0.25) is 14.6 Å². The highest BCUT2D eigenvalue weighted by Gasteiger charge is 2.32. The largest absolute Gasteiger partial charge is 0.481 e. The lowest BCUT2D eigenvalue weighted by Crippen LogP contribution is -2.32. The number of carboxylic acid groups (broad SMARTS) is 1. The van der Waals surface area contributed by atoms with Crippen LogP contribution in [0.1, 0.15) is 31.2 Å². The number of hydrogen-bond acceptors (Lipinski definition) is 3. The van der Waals surface area contributed by atoms with Crippen LogP contribution in [0.2, 0.25) is 0 Å². The zero-order valence-electron chi connectivity index (χ0n) is 10.1. The number of aliphatic carboxylic acids is 1. The maximum atomic E-state index is 12.0. The van der Waals surface area contributed by atoms with E-state index in [9.17, 15) is 9.59 Å². The van der Waals surface area contributed by atoms with E-state index in [2.05, 4.69) is 4.98 Å². The van der Waals surface area contributed by atoms with E-state index in [1.807, 2.05) is 12.1 Å². The summed E-state index contributed by atoms with van der Waals surface area (Å²) in [5.41, 5.74) is 1.03. The van der Waals surface area contributed by atoms with E-state index < -0.39 is 5.97 Å². The van der Waals surface area contributed by atoms with Crippen LogP contribution < -0.4 is 0 Å². The minimum atomic E-state index is -0.928. The first-order valence-corrected chi connectivity index (χ1v) is 6.07. The topological polar surface area (TPSA) is 70.5 Å². The van der Waals surface area contributed by atoms with E-state index in [-0.39, 0.29) is 18.7 Å². The van der Waals surface area contributed by atoms with Crippen LogP contribution in [0, 0.1) is 0 Å². The number of amides is 1. The highest BCUT2D eigenvalue weighted by atomic mass is 16.4. The van der Waals surface area contributed by atoms with Crippen molar-refractivity contribution < 1.29 is 14.7 Å². The lowest BCUT2D eigenvalue weighted by molar-refractivity contribution is -0.141. The summed E-state index contributed by atoms with van der Waals surface area (Å²) in [6, 6.07) is 4.04. The van der Waals surface area contributed by atoms with Crippen LogP contribution in [0.5, 0.6) is 0 Å². The highest BCUT2D eigenvalue weighted by molar-refractivity contribution is 5.81. The molecule has 0 spiro atoms. The van der Waals surface area contributed by atoms with Gasteiger partial charge in [-0.15, -0.1) is 0 Å². The first-order valence-electron chi connectivity index (χ1n) is 6.07. The van der Waals surface area contributed by atoms with Gasteiger partial charge in [0.15, 0.2) is 0 Å². The standard InChI is InChI=1S/C13H16N2O3/c16-12(3-4-13(17)18)15(11-1-2-11)9-10-5-7-14-8-6-10/h5-8,11H,1-4,9H2,(H,17,18). The fraction of sp³-hybridized carbons (Fsp3) is 0.462. The van der Waals surface area contributed by atoms with E-state index >= 15 is 0 Å². The molecular formula is C13H16N2O3. The first kappa shape index (κ1) is 12.5. The van der Waals surface area contributed by atoms with Crippen molar-refractivity contribution >= 4 is 11.9 Å². The van der Waals surface area contributed by atoms with Crippen molar-refractivity contribution in [1.29, 1.82) is 0 Å². The van der Waals surface area contributed by atoms with Crippen LogP contribution >= 0.6 is 0 Å². The van der Waals surface area contributed by atoms with Gasteiger partial charge < -0.3 is 10.0 Å². The second kappa shape index (κ2) is 5.62. The zero-order valence-corrected chi connectivity index (χ0v) is 10.1. The minimum absolute atomic E-state index is 0.0725. The van der Waals surface area contributed by atoms with Crippen molar-refractivity contribution in [2.45, 2.75) is 38.3 Å². The molecule has 1 heterocycles. The number of carbonyl (C=O) groups is 2. The predicted octanol–water partition coefficient (Wildman–Crippen LogP) is 1.44. The van der Waals surface area contributed by atoms with Gasteiger partial charge in [0.05, 0.1) is 6.42 Å². The van der Waals surface area contributed by atoms with E-state index in [4.69, 9.17) is 5.11 Å². The van der Waals surface area contributed by atoms with Crippen LogP contribution in [0.4, 0.5) is 0 Å². The second-order valence-corrected chi connectivity index (χ2v) is 4.50. The fourth-order valence-corrected chi connectivity index (χ4v) is 1.85. The summed E-state index contributed by atoms with van der Waals surface area (Å²) in [5.74, 6) is -1.00. The first-order chi connectivity index (χ1) is 8.66. The van der Waals surface area contributed by atoms with Gasteiger partial charge >= 0.3 is 5.97 Å². The van der Waals surface area contributed by atoms with Gasteiger partial charge in [-0.05, 0) is 30.5 Å². The summed E-state index contributed by atoms with van der Waals surface area (Å²) in [6.45, 7) is 0.547. The van der Waals surface area contributed by atoms with Gasteiger partial charge in [0.25, 0.3) is 0 Å². The Morgan fingerprint density at radius 1 is 1.28 bits per heavy atom. The molecule has 1 aliphatic rings. The Bertz CT molecular complexity index is 429. The average molecular weight is 248 g/mol. The number of carbonyl (C=O) groups excluding carboxylic acids is 1. The Balaban J connectivity index is 1.95. The van der Waals surface area contributed by atoms with Crippen molar-refractivity contribution in [2.75, 3.05) is 0 Å². The van der Waals surface area contributed by atoms with Gasteiger partial charge in [0.1, 0.15) is 0 Å². The average Bonchev–Trinajstić information content (AvgIpc) is 3.18. The van der Waals surface area contributed by atoms with Gasteiger partial charge in [0, 0.05) is 31.4 Å². The minimum Gasteiger partial charge on any atom is -0.481 e. The number of nitrogens with zero attached hydrogens (tertiary/aromatic N) is 2. The molecule has 0 saturated heterocycles. The molecule has 0 unspecified atom stereocenters. The van der Waals surface area contributed by atoms with Crippen molar-refractivity contribution in [3.63, 3.8) is 0 Å². The molecule has 2 rings (SSSR count). The van der Waals surface area contributed by atoms with Crippen molar-refractivity contribution in [1.82, 2.24) is 9.88 Å². The van der Waals surface area contributed by atoms with E-state index in [0.717, 1.165) is 18.4 Å². The molecule has 1 aromatic heterocycles. The van der Waals surface area contributed by atoms with Gasteiger partial charge in [-0.2, -0.15) is 0 Å². The van der Waals surface area contributed by atoms with Crippen LogP contribution in [0.3, 0.4) is 0 Å². The number of hydrogen-bond donors (Lipinski definition) is 1. The van der Waals surface area contributed by atoms with Crippen LogP contribution in [-0.4, -0.2) is 32.9 Å². The van der Waals surface area contributed by atoms with Gasteiger partial charge in [-0.1, -0.05) is 0 Å². The van der Waals surface area contributed by atoms with Crippen LogP contribution in [0.25, 0.3) is 0 Å². The van der Waals surface area contributed by atoms with Gasteiger partial charge in [-0.25, -0.2) is 0 Å². The van der Waals surface area contributed by atoms with Crippen LogP contribution in [0.15, 0.2) is 24.5 Å². The Morgan fingerprint density at radius 3 is 2.50 bits per heavy atom. The molecule has 5 heteroatoms. The molecule has 1 aliphatic carbocycles. The molecule has 1 N–H and O–H groups in total. The van der Waals surface area contributed by atoms with E-state index in [1.165, 1.54) is 0 Å². The summed E-state index contributed by atoms with van der Waals surface area (Å²) in [4.78, 5) is 28.2. The molecule has 0 radical (unpaired) electrons. The summed E-state index contributed by atoms with van der Waals surface area (Å²) < 4.78 is 0. The monoisotopic (exact) mass is 248 g/mol. The van der Waals surface area contributed by atoms with E-state index in [0.29, 0.717) is 12.6 Å². The molecule has 96 valence electrons. The normalized spacial score (nSPS) is 14.2.